The highest BCUT2D eigenvalue weighted by molar-refractivity contribution is 6.30. The van der Waals surface area contributed by atoms with Gasteiger partial charge in [0.15, 0.2) is 0 Å². The van der Waals surface area contributed by atoms with Crippen LogP contribution >= 0.6 is 11.6 Å². The van der Waals surface area contributed by atoms with Crippen molar-refractivity contribution in [3.05, 3.63) is 29.0 Å². The van der Waals surface area contributed by atoms with Crippen LogP contribution in [-0.4, -0.2) is 11.6 Å². The number of nitrogens with zero attached hydrogens (tertiary/aromatic N) is 2. The molecule has 0 saturated heterocycles. The standard InChI is InChI=1S/C12H12ClFN2O/c1-7(2)11-6-12(17)16(15-11)8-3-4-9(13)10(14)5-8/h3-5,7H,6H2,1-2H3. The Labute approximate surface area is 104 Å². The highest BCUT2D eigenvalue weighted by Crippen LogP contribution is 2.26. The van der Waals surface area contributed by atoms with Crippen LogP contribution < -0.4 is 5.01 Å². The number of hydrogen-bond donors (Lipinski definition) is 0. The van der Waals surface area contributed by atoms with Gasteiger partial charge in [-0.05, 0) is 18.1 Å². The molecule has 3 nitrogen and oxygen atoms in total. The van der Waals surface area contributed by atoms with Crippen molar-refractivity contribution < 1.29 is 9.18 Å². The Bertz CT molecular complexity index is 499. The van der Waals surface area contributed by atoms with Gasteiger partial charge in [-0.3, -0.25) is 4.79 Å². The van der Waals surface area contributed by atoms with E-state index in [1.54, 1.807) is 6.07 Å². The summed E-state index contributed by atoms with van der Waals surface area (Å²) in [5.74, 6) is -0.485. The molecule has 0 fully saturated rings. The Kier molecular flexibility index (Phi) is 3.15. The summed E-state index contributed by atoms with van der Waals surface area (Å²) in [5, 5.41) is 5.47. The van der Waals surface area contributed by atoms with Crippen LogP contribution in [0, 0.1) is 11.7 Å². The monoisotopic (exact) mass is 254 g/mol. The van der Waals surface area contributed by atoms with E-state index in [0.717, 1.165) is 5.71 Å². The maximum Gasteiger partial charge on any atom is 0.253 e. The zero-order chi connectivity index (χ0) is 12.6. The molecule has 1 heterocycles. The van der Waals surface area contributed by atoms with E-state index in [2.05, 4.69) is 5.10 Å². The van der Waals surface area contributed by atoms with Gasteiger partial charge < -0.3 is 0 Å². The normalized spacial score (nSPS) is 15.7. The van der Waals surface area contributed by atoms with Gasteiger partial charge in [0.1, 0.15) is 5.82 Å². The van der Waals surface area contributed by atoms with Gasteiger partial charge >= 0.3 is 0 Å². The van der Waals surface area contributed by atoms with E-state index in [1.807, 2.05) is 13.8 Å². The number of amides is 1. The molecule has 0 aliphatic carbocycles. The maximum absolute atomic E-state index is 13.3. The Morgan fingerprint density at radius 2 is 2.18 bits per heavy atom. The molecule has 1 aromatic carbocycles. The molecule has 0 spiro atoms. The van der Waals surface area contributed by atoms with Crippen molar-refractivity contribution in [2.75, 3.05) is 5.01 Å². The molecular formula is C12H12ClFN2O. The first kappa shape index (κ1) is 12.0. The fourth-order valence-corrected chi connectivity index (χ4v) is 1.71. The highest BCUT2D eigenvalue weighted by Gasteiger charge is 2.26. The summed E-state index contributed by atoms with van der Waals surface area (Å²) in [6.45, 7) is 3.94. The molecule has 17 heavy (non-hydrogen) atoms. The lowest BCUT2D eigenvalue weighted by molar-refractivity contribution is -0.116. The molecule has 1 aromatic rings. The van der Waals surface area contributed by atoms with E-state index in [9.17, 15) is 9.18 Å². The fourth-order valence-electron chi connectivity index (χ4n) is 1.59. The van der Waals surface area contributed by atoms with Gasteiger partial charge in [-0.25, -0.2) is 9.40 Å². The quantitative estimate of drug-likeness (QED) is 0.798. The zero-order valence-corrected chi connectivity index (χ0v) is 10.3. The van der Waals surface area contributed by atoms with Crippen molar-refractivity contribution >= 4 is 28.9 Å². The number of carbonyl (C=O) groups is 1. The second-order valence-electron chi connectivity index (χ2n) is 4.23. The largest absolute Gasteiger partial charge is 0.272 e. The lowest BCUT2D eigenvalue weighted by Gasteiger charge is -2.11. The van der Waals surface area contributed by atoms with Crippen molar-refractivity contribution in [1.82, 2.24) is 0 Å². The second kappa shape index (κ2) is 4.45. The third-order valence-corrected chi connectivity index (χ3v) is 2.92. The zero-order valence-electron chi connectivity index (χ0n) is 9.58. The van der Waals surface area contributed by atoms with Gasteiger partial charge in [-0.15, -0.1) is 0 Å². The second-order valence-corrected chi connectivity index (χ2v) is 4.63. The Morgan fingerprint density at radius 1 is 1.47 bits per heavy atom. The van der Waals surface area contributed by atoms with Crippen molar-refractivity contribution in [3.8, 4) is 0 Å². The number of hydrazone groups is 1. The Balaban J connectivity index is 2.34. The van der Waals surface area contributed by atoms with E-state index in [0.29, 0.717) is 12.1 Å². The Morgan fingerprint density at radius 3 is 2.71 bits per heavy atom. The molecule has 0 aromatic heterocycles. The van der Waals surface area contributed by atoms with Gasteiger partial charge in [-0.2, -0.15) is 5.10 Å². The number of hydrogen-bond acceptors (Lipinski definition) is 2. The molecule has 0 unspecified atom stereocenters. The van der Waals surface area contributed by atoms with E-state index in [4.69, 9.17) is 11.6 Å². The van der Waals surface area contributed by atoms with E-state index >= 15 is 0 Å². The van der Waals surface area contributed by atoms with Crippen molar-refractivity contribution in [2.45, 2.75) is 20.3 Å². The van der Waals surface area contributed by atoms with Gasteiger partial charge in [0.05, 0.1) is 22.8 Å². The molecule has 1 aliphatic rings. The number of benzene rings is 1. The van der Waals surface area contributed by atoms with Crippen LogP contribution in [0.4, 0.5) is 10.1 Å². The molecule has 5 heteroatoms. The number of anilines is 1. The minimum absolute atomic E-state index is 0.0356. The molecule has 0 N–H and O–H groups in total. The fraction of sp³-hybridized carbons (Fsp3) is 0.333. The summed E-state index contributed by atoms with van der Waals surface area (Å²) >= 11 is 5.59. The van der Waals surface area contributed by atoms with Crippen LogP contribution in [0.2, 0.25) is 5.02 Å². The maximum atomic E-state index is 13.3. The average molecular weight is 255 g/mol. The summed E-state index contributed by atoms with van der Waals surface area (Å²) in [6.07, 6.45) is 0.294. The summed E-state index contributed by atoms with van der Waals surface area (Å²) < 4.78 is 13.3. The van der Waals surface area contributed by atoms with E-state index < -0.39 is 5.82 Å². The van der Waals surface area contributed by atoms with Crippen LogP contribution in [0.25, 0.3) is 0 Å². The first-order valence-electron chi connectivity index (χ1n) is 5.34. The summed E-state index contributed by atoms with van der Waals surface area (Å²) in [4.78, 5) is 11.7. The minimum atomic E-state index is -0.551. The lowest BCUT2D eigenvalue weighted by atomic mass is 10.1. The predicted molar refractivity (Wildman–Crippen MR) is 65.8 cm³/mol. The van der Waals surface area contributed by atoms with E-state index in [1.165, 1.54) is 17.1 Å². The van der Waals surface area contributed by atoms with E-state index in [-0.39, 0.29) is 16.8 Å². The van der Waals surface area contributed by atoms with Crippen LogP contribution in [0.3, 0.4) is 0 Å². The topological polar surface area (TPSA) is 32.7 Å². The van der Waals surface area contributed by atoms with Gasteiger partial charge in [0.25, 0.3) is 5.91 Å². The number of halogens is 2. The smallest absolute Gasteiger partial charge is 0.253 e. The number of rotatable bonds is 2. The minimum Gasteiger partial charge on any atom is -0.272 e. The average Bonchev–Trinajstić information content (AvgIpc) is 2.65. The summed E-state index contributed by atoms with van der Waals surface area (Å²) in [6, 6.07) is 4.21. The van der Waals surface area contributed by atoms with Crippen LogP contribution in [0.5, 0.6) is 0 Å². The van der Waals surface area contributed by atoms with Crippen molar-refractivity contribution in [2.24, 2.45) is 11.0 Å². The molecular weight excluding hydrogens is 243 g/mol. The number of carbonyl (C=O) groups excluding carboxylic acids is 1. The molecule has 0 atom stereocenters. The molecule has 1 amide bonds. The van der Waals surface area contributed by atoms with Crippen LogP contribution in [0.1, 0.15) is 20.3 Å². The third kappa shape index (κ3) is 2.31. The van der Waals surface area contributed by atoms with Crippen LogP contribution in [0.15, 0.2) is 23.3 Å². The van der Waals surface area contributed by atoms with Gasteiger partial charge in [0.2, 0.25) is 0 Å². The first-order valence-corrected chi connectivity index (χ1v) is 5.72. The summed E-state index contributed by atoms with van der Waals surface area (Å²) in [7, 11) is 0. The SMILES string of the molecule is CC(C)C1=NN(c2ccc(Cl)c(F)c2)C(=O)C1. The van der Waals surface area contributed by atoms with Crippen molar-refractivity contribution in [3.63, 3.8) is 0 Å². The molecule has 0 radical (unpaired) electrons. The van der Waals surface area contributed by atoms with Gasteiger partial charge in [0, 0.05) is 6.07 Å². The summed E-state index contributed by atoms with van der Waals surface area (Å²) in [5.41, 5.74) is 1.22. The molecule has 0 bridgehead atoms. The first-order chi connectivity index (χ1) is 7.99. The molecule has 90 valence electrons. The predicted octanol–water partition coefficient (Wildman–Crippen LogP) is 3.23. The van der Waals surface area contributed by atoms with Gasteiger partial charge in [-0.1, -0.05) is 25.4 Å². The highest BCUT2D eigenvalue weighted by atomic mass is 35.5. The molecule has 0 saturated carbocycles. The van der Waals surface area contributed by atoms with Crippen molar-refractivity contribution in [1.29, 1.82) is 0 Å². The molecule has 1 aliphatic heterocycles. The van der Waals surface area contributed by atoms with Crippen LogP contribution in [-0.2, 0) is 4.79 Å². The Hall–Kier alpha value is -1.42. The third-order valence-electron chi connectivity index (χ3n) is 2.61. The lowest BCUT2D eigenvalue weighted by Crippen LogP contribution is -2.19. The molecule has 2 rings (SSSR count).